The Labute approximate surface area is 112 Å². The van der Waals surface area contributed by atoms with E-state index in [0.717, 1.165) is 19.5 Å². The summed E-state index contributed by atoms with van der Waals surface area (Å²) in [5.74, 6) is 1.90. The zero-order chi connectivity index (χ0) is 13.4. The monoisotopic (exact) mass is 251 g/mol. The quantitative estimate of drug-likeness (QED) is 0.724. The predicted molar refractivity (Wildman–Crippen MR) is 77.6 cm³/mol. The van der Waals surface area contributed by atoms with Gasteiger partial charge in [-0.25, -0.2) is 4.98 Å². The molecule has 0 aliphatic carbocycles. The van der Waals surface area contributed by atoms with E-state index in [2.05, 4.69) is 48.8 Å². The van der Waals surface area contributed by atoms with Gasteiger partial charge in [-0.1, -0.05) is 40.5 Å². The molecule has 1 atom stereocenters. The fourth-order valence-electron chi connectivity index (χ4n) is 2.56. The molecule has 1 N–H and O–H groups in total. The van der Waals surface area contributed by atoms with E-state index in [9.17, 15) is 0 Å². The third-order valence-corrected chi connectivity index (χ3v) is 3.62. The van der Waals surface area contributed by atoms with E-state index in [1.165, 1.54) is 25.1 Å². The first-order chi connectivity index (χ1) is 8.78. The van der Waals surface area contributed by atoms with Gasteiger partial charge in [0.2, 0.25) is 0 Å². The Kier molecular flexibility index (Phi) is 7.02. The molecule has 1 aromatic rings. The molecule has 0 radical (unpaired) electrons. The van der Waals surface area contributed by atoms with Crippen molar-refractivity contribution in [2.24, 2.45) is 5.92 Å². The van der Waals surface area contributed by atoms with Gasteiger partial charge in [0.25, 0.3) is 0 Å². The lowest BCUT2D eigenvalue weighted by Gasteiger charge is -2.26. The highest BCUT2D eigenvalue weighted by Crippen LogP contribution is 2.26. The molecule has 0 bridgehead atoms. The minimum atomic E-state index is 0.404. The number of nitrogens with zero attached hydrogens (tertiary/aromatic N) is 2. The molecule has 0 fully saturated rings. The molecular formula is C15H29N3. The van der Waals surface area contributed by atoms with Gasteiger partial charge in [0, 0.05) is 18.9 Å². The van der Waals surface area contributed by atoms with Crippen molar-refractivity contribution in [2.45, 2.75) is 66.0 Å². The van der Waals surface area contributed by atoms with E-state index in [1.54, 1.807) is 0 Å². The molecule has 3 nitrogen and oxygen atoms in total. The van der Waals surface area contributed by atoms with Gasteiger partial charge >= 0.3 is 0 Å². The summed E-state index contributed by atoms with van der Waals surface area (Å²) in [6.45, 7) is 11.1. The summed E-state index contributed by atoms with van der Waals surface area (Å²) in [4.78, 5) is 4.61. The van der Waals surface area contributed by atoms with Crippen LogP contribution >= 0.6 is 0 Å². The Morgan fingerprint density at radius 3 is 2.44 bits per heavy atom. The lowest BCUT2D eigenvalue weighted by molar-refractivity contribution is 0.319. The minimum absolute atomic E-state index is 0.404. The second kappa shape index (κ2) is 8.30. The maximum Gasteiger partial charge on any atom is 0.126 e. The predicted octanol–water partition coefficient (Wildman–Crippen LogP) is 3.77. The average Bonchev–Trinajstić information content (AvgIpc) is 2.83. The maximum absolute atomic E-state index is 4.61. The fraction of sp³-hybridized carbons (Fsp3) is 0.800. The molecule has 0 aliphatic heterocycles. The van der Waals surface area contributed by atoms with Crippen LogP contribution in [-0.2, 0) is 6.54 Å². The normalized spacial score (nSPS) is 13.2. The summed E-state index contributed by atoms with van der Waals surface area (Å²) in [6.07, 6.45) is 8.79. The van der Waals surface area contributed by atoms with Gasteiger partial charge in [-0.15, -0.1) is 0 Å². The Bertz CT molecular complexity index is 315. The molecule has 1 heterocycles. The number of hydrogen-bond acceptors (Lipinski definition) is 2. The molecule has 104 valence electrons. The molecule has 3 heteroatoms. The van der Waals surface area contributed by atoms with Crippen LogP contribution in [0.1, 0.15) is 65.2 Å². The lowest BCUT2D eigenvalue weighted by Crippen LogP contribution is -2.31. The van der Waals surface area contributed by atoms with Crippen molar-refractivity contribution in [1.82, 2.24) is 14.9 Å². The molecule has 0 aliphatic rings. The second-order valence-electron chi connectivity index (χ2n) is 4.99. The zero-order valence-corrected chi connectivity index (χ0v) is 12.4. The molecule has 1 unspecified atom stereocenters. The molecule has 0 saturated heterocycles. The number of aryl methyl sites for hydroxylation is 1. The standard InChI is InChI=1S/C15H29N3/c1-5-9-16-14(13(7-3)8-4)15-17-10-12-18(15)11-6-2/h10,12-14,16H,5-9,11H2,1-4H3. The maximum atomic E-state index is 4.61. The van der Waals surface area contributed by atoms with E-state index < -0.39 is 0 Å². The van der Waals surface area contributed by atoms with E-state index in [-0.39, 0.29) is 0 Å². The Hall–Kier alpha value is -0.830. The van der Waals surface area contributed by atoms with E-state index in [0.29, 0.717) is 12.0 Å². The largest absolute Gasteiger partial charge is 0.334 e. The number of aromatic nitrogens is 2. The van der Waals surface area contributed by atoms with Crippen molar-refractivity contribution in [3.63, 3.8) is 0 Å². The van der Waals surface area contributed by atoms with Gasteiger partial charge in [-0.05, 0) is 25.3 Å². The summed E-state index contributed by atoms with van der Waals surface area (Å²) in [5, 5.41) is 3.69. The summed E-state index contributed by atoms with van der Waals surface area (Å²) in [5.41, 5.74) is 0. The van der Waals surface area contributed by atoms with Crippen LogP contribution in [0.25, 0.3) is 0 Å². The highest BCUT2D eigenvalue weighted by atomic mass is 15.1. The third-order valence-electron chi connectivity index (χ3n) is 3.62. The fourth-order valence-corrected chi connectivity index (χ4v) is 2.56. The van der Waals surface area contributed by atoms with Crippen molar-refractivity contribution in [1.29, 1.82) is 0 Å². The smallest absolute Gasteiger partial charge is 0.126 e. The third kappa shape index (κ3) is 3.84. The van der Waals surface area contributed by atoms with E-state index in [4.69, 9.17) is 0 Å². The molecule has 1 rings (SSSR count). The minimum Gasteiger partial charge on any atom is -0.334 e. The molecule has 0 spiro atoms. The van der Waals surface area contributed by atoms with Crippen LogP contribution in [0.15, 0.2) is 12.4 Å². The number of nitrogens with one attached hydrogen (secondary N) is 1. The van der Waals surface area contributed by atoms with Crippen LogP contribution in [0.4, 0.5) is 0 Å². The molecule has 1 aromatic heterocycles. The summed E-state index contributed by atoms with van der Waals surface area (Å²) >= 11 is 0. The number of imidazole rings is 1. The van der Waals surface area contributed by atoms with Gasteiger partial charge in [0.05, 0.1) is 6.04 Å². The van der Waals surface area contributed by atoms with E-state index >= 15 is 0 Å². The van der Waals surface area contributed by atoms with Crippen molar-refractivity contribution in [2.75, 3.05) is 6.54 Å². The average molecular weight is 251 g/mol. The van der Waals surface area contributed by atoms with Crippen LogP contribution in [0.2, 0.25) is 0 Å². The van der Waals surface area contributed by atoms with Crippen molar-refractivity contribution < 1.29 is 0 Å². The van der Waals surface area contributed by atoms with Crippen LogP contribution in [0.5, 0.6) is 0 Å². The van der Waals surface area contributed by atoms with Crippen LogP contribution < -0.4 is 5.32 Å². The second-order valence-corrected chi connectivity index (χ2v) is 4.99. The zero-order valence-electron chi connectivity index (χ0n) is 12.4. The van der Waals surface area contributed by atoms with Gasteiger partial charge in [0.1, 0.15) is 5.82 Å². The van der Waals surface area contributed by atoms with Crippen molar-refractivity contribution in [3.8, 4) is 0 Å². The highest BCUT2D eigenvalue weighted by Gasteiger charge is 2.23. The van der Waals surface area contributed by atoms with Crippen LogP contribution in [0, 0.1) is 5.92 Å². The Balaban J connectivity index is 2.89. The van der Waals surface area contributed by atoms with Gasteiger partial charge in [-0.2, -0.15) is 0 Å². The Morgan fingerprint density at radius 1 is 1.17 bits per heavy atom. The molecule has 0 amide bonds. The summed E-state index contributed by atoms with van der Waals surface area (Å²) in [6, 6.07) is 0.404. The number of rotatable bonds is 9. The van der Waals surface area contributed by atoms with Gasteiger partial charge < -0.3 is 9.88 Å². The van der Waals surface area contributed by atoms with Gasteiger partial charge in [0.15, 0.2) is 0 Å². The summed E-state index contributed by atoms with van der Waals surface area (Å²) < 4.78 is 2.31. The Morgan fingerprint density at radius 2 is 1.89 bits per heavy atom. The van der Waals surface area contributed by atoms with Crippen LogP contribution in [-0.4, -0.2) is 16.1 Å². The topological polar surface area (TPSA) is 29.9 Å². The molecule has 0 aromatic carbocycles. The number of hydrogen-bond donors (Lipinski definition) is 1. The summed E-state index contributed by atoms with van der Waals surface area (Å²) in [7, 11) is 0. The highest BCUT2D eigenvalue weighted by molar-refractivity contribution is 5.01. The lowest BCUT2D eigenvalue weighted by atomic mass is 9.93. The van der Waals surface area contributed by atoms with Crippen molar-refractivity contribution in [3.05, 3.63) is 18.2 Å². The first kappa shape index (κ1) is 15.2. The molecular weight excluding hydrogens is 222 g/mol. The SMILES string of the molecule is CCCNC(c1nccn1CCC)C(CC)CC. The first-order valence-corrected chi connectivity index (χ1v) is 7.52. The van der Waals surface area contributed by atoms with Crippen LogP contribution in [0.3, 0.4) is 0 Å². The molecule has 0 saturated carbocycles. The molecule has 18 heavy (non-hydrogen) atoms. The van der Waals surface area contributed by atoms with E-state index in [1.807, 2.05) is 6.20 Å². The van der Waals surface area contributed by atoms with Gasteiger partial charge in [-0.3, -0.25) is 0 Å². The first-order valence-electron chi connectivity index (χ1n) is 7.52. The van der Waals surface area contributed by atoms with Crippen molar-refractivity contribution >= 4 is 0 Å².